The zero-order valence-corrected chi connectivity index (χ0v) is 20.8. The molecule has 1 saturated heterocycles. The Balaban J connectivity index is 1.16. The molecule has 0 spiro atoms. The summed E-state index contributed by atoms with van der Waals surface area (Å²) >= 11 is 1.50. The first-order chi connectivity index (χ1) is 16.5. The summed E-state index contributed by atoms with van der Waals surface area (Å²) < 4.78 is 12.0. The van der Waals surface area contributed by atoms with Gasteiger partial charge < -0.3 is 19.2 Å². The highest BCUT2D eigenvalue weighted by Crippen LogP contribution is 2.34. The van der Waals surface area contributed by atoms with Gasteiger partial charge in [-0.05, 0) is 87.5 Å². The Kier molecular flexibility index (Phi) is 6.68. The fourth-order valence-electron chi connectivity index (χ4n) is 4.67. The van der Waals surface area contributed by atoms with Gasteiger partial charge in [0.2, 0.25) is 0 Å². The fraction of sp³-hybridized carbons (Fsp3) is 0.407. The number of rotatable bonds is 7. The van der Waals surface area contributed by atoms with Crippen LogP contribution in [-0.4, -0.2) is 52.5 Å². The predicted molar refractivity (Wildman–Crippen MR) is 136 cm³/mol. The van der Waals surface area contributed by atoms with Gasteiger partial charge in [0, 0.05) is 6.54 Å². The van der Waals surface area contributed by atoms with Crippen LogP contribution in [0.3, 0.4) is 0 Å². The van der Waals surface area contributed by atoms with E-state index in [2.05, 4.69) is 47.1 Å². The molecule has 0 amide bonds. The quantitative estimate of drug-likeness (QED) is 0.379. The van der Waals surface area contributed by atoms with E-state index in [0.717, 1.165) is 46.9 Å². The van der Waals surface area contributed by atoms with Gasteiger partial charge in [-0.1, -0.05) is 35.6 Å². The van der Waals surface area contributed by atoms with Gasteiger partial charge in [0.15, 0.2) is 10.8 Å². The second-order valence-corrected chi connectivity index (χ2v) is 10.5. The fourth-order valence-corrected chi connectivity index (χ4v) is 5.31. The van der Waals surface area contributed by atoms with Crippen molar-refractivity contribution < 1.29 is 14.3 Å². The third-order valence-corrected chi connectivity index (χ3v) is 7.60. The van der Waals surface area contributed by atoms with Crippen LogP contribution in [0, 0.1) is 20.8 Å². The third-order valence-electron chi connectivity index (χ3n) is 6.75. The van der Waals surface area contributed by atoms with Crippen molar-refractivity contribution in [2.45, 2.75) is 45.6 Å². The largest absolute Gasteiger partial charge is 0.490 e. The van der Waals surface area contributed by atoms with E-state index in [1.54, 1.807) is 0 Å². The lowest BCUT2D eigenvalue weighted by atomic mass is 9.88. The van der Waals surface area contributed by atoms with E-state index in [-0.39, 0.29) is 6.61 Å². The molecule has 1 atom stereocenters. The van der Waals surface area contributed by atoms with Crippen LogP contribution >= 0.6 is 11.3 Å². The Morgan fingerprint density at radius 3 is 2.65 bits per heavy atom. The minimum atomic E-state index is -0.550. The summed E-state index contributed by atoms with van der Waals surface area (Å²) in [5.41, 5.74) is 4.90. The molecule has 1 N–H and O–H groups in total. The second-order valence-electron chi connectivity index (χ2n) is 9.29. The highest BCUT2D eigenvalue weighted by molar-refractivity contribution is 7.14. The molecule has 1 aliphatic rings. The molecule has 3 heterocycles. The number of ether oxygens (including phenoxy) is 1. The molecule has 5 rings (SSSR count). The van der Waals surface area contributed by atoms with Crippen molar-refractivity contribution in [2.75, 3.05) is 26.2 Å². The van der Waals surface area contributed by atoms with E-state index >= 15 is 0 Å². The zero-order chi connectivity index (χ0) is 23.7. The van der Waals surface area contributed by atoms with E-state index in [1.807, 2.05) is 31.2 Å². The molecule has 2 aromatic heterocycles. The summed E-state index contributed by atoms with van der Waals surface area (Å²) in [5.74, 6) is 2.00. The van der Waals surface area contributed by atoms with E-state index in [0.29, 0.717) is 24.0 Å². The Hall–Kier alpha value is -2.74. The number of piperidine rings is 1. The summed E-state index contributed by atoms with van der Waals surface area (Å²) in [6.45, 7) is 9.13. The van der Waals surface area contributed by atoms with Crippen molar-refractivity contribution in [3.05, 3.63) is 64.2 Å². The van der Waals surface area contributed by atoms with Crippen molar-refractivity contribution in [1.29, 1.82) is 0 Å². The number of nitrogens with zero attached hydrogens (tertiary/aromatic N) is 3. The van der Waals surface area contributed by atoms with Gasteiger partial charge in [0.05, 0.1) is 5.39 Å². The van der Waals surface area contributed by atoms with Crippen molar-refractivity contribution in [3.8, 4) is 16.5 Å². The summed E-state index contributed by atoms with van der Waals surface area (Å²) in [6, 6.07) is 14.5. The number of likely N-dealkylation sites (tertiary alicyclic amines) is 1. The number of hydrogen-bond donors (Lipinski definition) is 1. The summed E-state index contributed by atoms with van der Waals surface area (Å²) in [4.78, 5) is 2.35. The molecular weight excluding hydrogens is 446 g/mol. The number of aryl methyl sites for hydroxylation is 3. The molecule has 0 unspecified atom stereocenters. The lowest BCUT2D eigenvalue weighted by molar-refractivity contribution is 0.0599. The van der Waals surface area contributed by atoms with Crippen molar-refractivity contribution in [2.24, 2.45) is 0 Å². The average Bonchev–Trinajstić information content (AvgIpc) is 3.46. The third kappa shape index (κ3) is 5.02. The monoisotopic (exact) mass is 477 g/mol. The van der Waals surface area contributed by atoms with Crippen molar-refractivity contribution >= 4 is 22.3 Å². The molecule has 4 aromatic rings. The van der Waals surface area contributed by atoms with Gasteiger partial charge in [-0.15, -0.1) is 10.2 Å². The minimum Gasteiger partial charge on any atom is -0.490 e. The molecule has 2 aromatic carbocycles. The molecule has 7 heteroatoms. The molecule has 34 heavy (non-hydrogen) atoms. The van der Waals surface area contributed by atoms with Gasteiger partial charge in [-0.2, -0.15) is 0 Å². The molecule has 0 saturated carbocycles. The first-order valence-electron chi connectivity index (χ1n) is 11.9. The SMILES string of the molecule is Cc1nnc(-c2cc3c(OC[C@@H](O)CN4CCC(c5ccc(C)c(C)c5)CC4)cccc3o2)s1. The van der Waals surface area contributed by atoms with Crippen LogP contribution in [0.4, 0.5) is 0 Å². The van der Waals surface area contributed by atoms with Gasteiger partial charge in [0.1, 0.15) is 29.1 Å². The first kappa shape index (κ1) is 23.0. The van der Waals surface area contributed by atoms with Gasteiger partial charge in [-0.3, -0.25) is 0 Å². The van der Waals surface area contributed by atoms with Crippen LogP contribution in [0.1, 0.15) is 40.5 Å². The minimum absolute atomic E-state index is 0.245. The number of aliphatic hydroxyl groups excluding tert-OH is 1. The highest BCUT2D eigenvalue weighted by atomic mass is 32.1. The zero-order valence-electron chi connectivity index (χ0n) is 20.0. The van der Waals surface area contributed by atoms with Gasteiger partial charge in [-0.25, -0.2) is 0 Å². The van der Waals surface area contributed by atoms with Crippen LogP contribution in [-0.2, 0) is 0 Å². The Morgan fingerprint density at radius 1 is 1.09 bits per heavy atom. The maximum absolute atomic E-state index is 10.7. The molecular formula is C27H31N3O3S. The second kappa shape index (κ2) is 9.86. The first-order valence-corrected chi connectivity index (χ1v) is 12.7. The number of hydrogen-bond acceptors (Lipinski definition) is 7. The molecule has 0 aliphatic carbocycles. The van der Waals surface area contributed by atoms with E-state index in [4.69, 9.17) is 9.15 Å². The molecule has 178 valence electrons. The lowest BCUT2D eigenvalue weighted by Crippen LogP contribution is -2.40. The average molecular weight is 478 g/mol. The Morgan fingerprint density at radius 2 is 1.91 bits per heavy atom. The summed E-state index contributed by atoms with van der Waals surface area (Å²) in [7, 11) is 0. The van der Waals surface area contributed by atoms with Crippen molar-refractivity contribution in [1.82, 2.24) is 15.1 Å². The summed E-state index contributed by atoms with van der Waals surface area (Å²) in [6.07, 6.45) is 1.70. The maximum atomic E-state index is 10.7. The number of β-amino-alcohol motifs (C(OH)–C–C–N with tert-alkyl or cyclic N) is 1. The van der Waals surface area contributed by atoms with E-state index in [1.165, 1.54) is 28.0 Å². The van der Waals surface area contributed by atoms with Crippen LogP contribution in [0.15, 0.2) is 46.9 Å². The van der Waals surface area contributed by atoms with Crippen LogP contribution in [0.2, 0.25) is 0 Å². The van der Waals surface area contributed by atoms with Crippen LogP contribution in [0.25, 0.3) is 21.7 Å². The number of benzene rings is 2. The molecule has 0 bridgehead atoms. The molecule has 1 aliphatic heterocycles. The predicted octanol–water partition coefficient (Wildman–Crippen LogP) is 5.50. The van der Waals surface area contributed by atoms with E-state index < -0.39 is 6.10 Å². The Bertz CT molecular complexity index is 1270. The molecule has 1 fully saturated rings. The smallest absolute Gasteiger partial charge is 0.183 e. The Labute approximate surface area is 204 Å². The van der Waals surface area contributed by atoms with Gasteiger partial charge >= 0.3 is 0 Å². The number of furan rings is 1. The number of fused-ring (bicyclic) bond motifs is 1. The van der Waals surface area contributed by atoms with E-state index in [9.17, 15) is 5.11 Å². The lowest BCUT2D eigenvalue weighted by Gasteiger charge is -2.33. The number of aromatic nitrogens is 2. The van der Waals surface area contributed by atoms with Gasteiger partial charge in [0.25, 0.3) is 0 Å². The summed E-state index contributed by atoms with van der Waals surface area (Å²) in [5, 5.41) is 21.4. The van der Waals surface area contributed by atoms with Crippen LogP contribution < -0.4 is 4.74 Å². The highest BCUT2D eigenvalue weighted by Gasteiger charge is 2.23. The topological polar surface area (TPSA) is 71.6 Å². The number of aliphatic hydroxyl groups is 1. The normalized spacial score (nSPS) is 16.2. The maximum Gasteiger partial charge on any atom is 0.183 e. The van der Waals surface area contributed by atoms with Crippen LogP contribution in [0.5, 0.6) is 5.75 Å². The molecule has 6 nitrogen and oxygen atoms in total. The standard InChI is InChI=1S/C27H31N3O3S/c1-17-7-8-21(13-18(17)2)20-9-11-30(12-10-20)15-22(31)16-32-24-5-4-6-25-23(24)14-26(33-25)27-29-28-19(3)34-27/h4-8,13-14,20,22,31H,9-12,15-16H2,1-3H3/t22-/m0/s1. The van der Waals surface area contributed by atoms with Crippen molar-refractivity contribution in [3.63, 3.8) is 0 Å². The molecule has 0 radical (unpaired) electrons.